The SMILES string of the molecule is O=C1CN2CCN1C2. The molecule has 0 spiro atoms. The molecule has 2 bridgehead atoms. The molecule has 2 rings (SSSR count). The molecule has 2 aliphatic heterocycles. The minimum atomic E-state index is 0.302. The fraction of sp³-hybridized carbons (Fsp3) is 0.800. The van der Waals surface area contributed by atoms with E-state index in [1.165, 1.54) is 0 Å². The molecule has 44 valence electrons. The number of hydrogen-bond acceptors (Lipinski definition) is 2. The summed E-state index contributed by atoms with van der Waals surface area (Å²) in [4.78, 5) is 14.8. The lowest BCUT2D eigenvalue weighted by atomic mass is 10.4. The van der Waals surface area contributed by atoms with E-state index < -0.39 is 0 Å². The van der Waals surface area contributed by atoms with E-state index in [0.717, 1.165) is 19.8 Å². The minimum Gasteiger partial charge on any atom is -0.327 e. The molecule has 0 aliphatic carbocycles. The molecular weight excluding hydrogens is 104 g/mol. The summed E-state index contributed by atoms with van der Waals surface area (Å²) in [7, 11) is 0. The lowest BCUT2D eigenvalue weighted by Crippen LogP contribution is -2.30. The first-order valence-electron chi connectivity index (χ1n) is 2.86. The smallest absolute Gasteiger partial charge is 0.237 e. The molecule has 8 heavy (non-hydrogen) atoms. The van der Waals surface area contributed by atoms with Gasteiger partial charge in [0.1, 0.15) is 0 Å². The molecule has 2 heterocycles. The first-order chi connectivity index (χ1) is 3.86. The summed E-state index contributed by atoms with van der Waals surface area (Å²) in [6.45, 7) is 3.60. The normalized spacial score (nSPS) is 34.8. The second-order valence-corrected chi connectivity index (χ2v) is 2.35. The Balaban J connectivity index is 2.22. The van der Waals surface area contributed by atoms with Crippen molar-refractivity contribution >= 4 is 5.91 Å². The highest BCUT2D eigenvalue weighted by Gasteiger charge is 2.32. The van der Waals surface area contributed by atoms with Crippen LogP contribution in [0.25, 0.3) is 0 Å². The maximum Gasteiger partial charge on any atom is 0.237 e. The first-order valence-corrected chi connectivity index (χ1v) is 2.86. The van der Waals surface area contributed by atoms with Crippen molar-refractivity contribution in [1.29, 1.82) is 0 Å². The van der Waals surface area contributed by atoms with E-state index in [2.05, 4.69) is 4.90 Å². The molecule has 3 nitrogen and oxygen atoms in total. The highest BCUT2D eigenvalue weighted by Crippen LogP contribution is 2.12. The van der Waals surface area contributed by atoms with Gasteiger partial charge in [-0.25, -0.2) is 0 Å². The molecule has 0 aromatic heterocycles. The highest BCUT2D eigenvalue weighted by atomic mass is 16.2. The van der Waals surface area contributed by atoms with Crippen molar-refractivity contribution in [1.82, 2.24) is 9.80 Å². The van der Waals surface area contributed by atoms with Crippen molar-refractivity contribution in [2.75, 3.05) is 26.3 Å². The van der Waals surface area contributed by atoms with E-state index in [1.54, 1.807) is 0 Å². The first kappa shape index (κ1) is 4.32. The second-order valence-electron chi connectivity index (χ2n) is 2.35. The number of carbonyl (C=O) groups excluding carboxylic acids is 1. The number of rotatable bonds is 0. The molecule has 0 radical (unpaired) electrons. The van der Waals surface area contributed by atoms with Crippen molar-refractivity contribution in [2.24, 2.45) is 0 Å². The van der Waals surface area contributed by atoms with Crippen LogP contribution >= 0.6 is 0 Å². The second kappa shape index (κ2) is 1.23. The van der Waals surface area contributed by atoms with Gasteiger partial charge in [-0.1, -0.05) is 0 Å². The topological polar surface area (TPSA) is 23.6 Å². The van der Waals surface area contributed by atoms with Gasteiger partial charge in [-0.05, 0) is 0 Å². The van der Waals surface area contributed by atoms with Crippen LogP contribution in [0, 0.1) is 0 Å². The summed E-state index contributed by atoms with van der Waals surface area (Å²) < 4.78 is 0. The number of nitrogens with zero attached hydrogens (tertiary/aromatic N) is 2. The van der Waals surface area contributed by atoms with Gasteiger partial charge in [-0.15, -0.1) is 0 Å². The van der Waals surface area contributed by atoms with Crippen LogP contribution in [0.15, 0.2) is 0 Å². The molecule has 1 unspecified atom stereocenters. The van der Waals surface area contributed by atoms with Crippen molar-refractivity contribution in [3.63, 3.8) is 0 Å². The van der Waals surface area contributed by atoms with Crippen LogP contribution in [-0.2, 0) is 4.79 Å². The molecule has 0 aromatic rings. The molecule has 0 N–H and O–H groups in total. The molecule has 0 aromatic carbocycles. The number of hydrogen-bond donors (Lipinski definition) is 0. The van der Waals surface area contributed by atoms with E-state index in [0.29, 0.717) is 12.5 Å². The van der Waals surface area contributed by atoms with E-state index >= 15 is 0 Å². The lowest BCUT2D eigenvalue weighted by molar-refractivity contribution is -0.127. The van der Waals surface area contributed by atoms with Crippen LogP contribution in [0.4, 0.5) is 0 Å². The highest BCUT2D eigenvalue weighted by molar-refractivity contribution is 5.80. The van der Waals surface area contributed by atoms with Gasteiger partial charge >= 0.3 is 0 Å². The Labute approximate surface area is 47.9 Å². The molecule has 2 fully saturated rings. The summed E-state index contributed by atoms with van der Waals surface area (Å²) in [6.07, 6.45) is 0. The van der Waals surface area contributed by atoms with E-state index in [1.807, 2.05) is 4.90 Å². The summed E-state index contributed by atoms with van der Waals surface area (Å²) in [6, 6.07) is 0. The third-order valence-electron chi connectivity index (χ3n) is 1.77. The Kier molecular flexibility index (Phi) is 0.663. The monoisotopic (exact) mass is 112 g/mol. The number of fused-ring (bicyclic) bond motifs is 2. The predicted octanol–water partition coefficient (Wildman–Crippen LogP) is -0.898. The third kappa shape index (κ3) is 0.395. The van der Waals surface area contributed by atoms with Crippen LogP contribution in [0.2, 0.25) is 0 Å². The zero-order valence-corrected chi connectivity index (χ0v) is 4.63. The molecule has 1 amide bonds. The van der Waals surface area contributed by atoms with Crippen LogP contribution in [0.3, 0.4) is 0 Å². The molecule has 3 heteroatoms. The average Bonchev–Trinajstić information content (AvgIpc) is 2.23. The Morgan fingerprint density at radius 2 is 2.25 bits per heavy atom. The zero-order valence-electron chi connectivity index (χ0n) is 4.63. The van der Waals surface area contributed by atoms with Crippen LogP contribution in [0.5, 0.6) is 0 Å². The van der Waals surface area contributed by atoms with Gasteiger partial charge < -0.3 is 4.90 Å². The predicted molar refractivity (Wildman–Crippen MR) is 28.2 cm³/mol. The quantitative estimate of drug-likeness (QED) is 0.405. The Morgan fingerprint density at radius 3 is 2.50 bits per heavy atom. The number of piperazine rings is 1. The largest absolute Gasteiger partial charge is 0.327 e. The standard InChI is InChI=1S/C5H8N2O/c8-5-3-6-1-2-7(5)4-6/h1-4H2. The summed E-state index contributed by atoms with van der Waals surface area (Å²) in [5.41, 5.74) is 0. The Hall–Kier alpha value is -0.570. The van der Waals surface area contributed by atoms with E-state index in [4.69, 9.17) is 0 Å². The van der Waals surface area contributed by atoms with E-state index in [-0.39, 0.29) is 0 Å². The van der Waals surface area contributed by atoms with Crippen molar-refractivity contribution < 1.29 is 4.79 Å². The Bertz CT molecular complexity index is 134. The summed E-state index contributed by atoms with van der Waals surface area (Å²) in [5.74, 6) is 0.302. The maximum absolute atomic E-state index is 10.7. The van der Waals surface area contributed by atoms with Gasteiger partial charge in [0.25, 0.3) is 0 Å². The molecular formula is C5H8N2O. The fourth-order valence-electron chi connectivity index (χ4n) is 1.27. The van der Waals surface area contributed by atoms with Gasteiger partial charge in [0.2, 0.25) is 5.91 Å². The fourth-order valence-corrected chi connectivity index (χ4v) is 1.27. The van der Waals surface area contributed by atoms with Gasteiger partial charge in [0.05, 0.1) is 13.2 Å². The summed E-state index contributed by atoms with van der Waals surface area (Å²) in [5, 5.41) is 0. The Morgan fingerprint density at radius 1 is 1.38 bits per heavy atom. The molecule has 2 aliphatic rings. The maximum atomic E-state index is 10.7. The van der Waals surface area contributed by atoms with Gasteiger partial charge in [-0.2, -0.15) is 0 Å². The average molecular weight is 112 g/mol. The summed E-state index contributed by atoms with van der Waals surface area (Å²) >= 11 is 0. The van der Waals surface area contributed by atoms with Gasteiger partial charge in [0, 0.05) is 13.1 Å². The minimum absolute atomic E-state index is 0.302. The van der Waals surface area contributed by atoms with Crippen molar-refractivity contribution in [2.45, 2.75) is 0 Å². The van der Waals surface area contributed by atoms with Crippen LogP contribution in [-0.4, -0.2) is 42.0 Å². The van der Waals surface area contributed by atoms with Gasteiger partial charge in [0.15, 0.2) is 0 Å². The van der Waals surface area contributed by atoms with Crippen LogP contribution < -0.4 is 0 Å². The van der Waals surface area contributed by atoms with E-state index in [9.17, 15) is 4.79 Å². The zero-order chi connectivity index (χ0) is 5.56. The molecule has 2 saturated heterocycles. The van der Waals surface area contributed by atoms with Crippen molar-refractivity contribution in [3.8, 4) is 0 Å². The number of carbonyl (C=O) groups is 1. The lowest BCUT2D eigenvalue weighted by Gasteiger charge is -2.09. The van der Waals surface area contributed by atoms with Crippen LogP contribution in [0.1, 0.15) is 0 Å². The van der Waals surface area contributed by atoms with Gasteiger partial charge in [-0.3, -0.25) is 9.69 Å². The third-order valence-corrected chi connectivity index (χ3v) is 1.77. The molecule has 0 saturated carbocycles. The van der Waals surface area contributed by atoms with Crippen molar-refractivity contribution in [3.05, 3.63) is 0 Å². The molecule has 1 atom stereocenters. The number of amides is 1.